The van der Waals surface area contributed by atoms with Crippen LogP contribution < -0.4 is 11.1 Å². The number of nitrogens with zero attached hydrogens (tertiary/aromatic N) is 2. The van der Waals surface area contributed by atoms with Gasteiger partial charge in [-0.25, -0.2) is 0 Å². The van der Waals surface area contributed by atoms with E-state index in [1.165, 1.54) is 11.3 Å². The molecule has 3 heterocycles. The molecule has 3 N–H and O–H groups in total. The van der Waals surface area contributed by atoms with E-state index in [1.54, 1.807) is 0 Å². The lowest BCUT2D eigenvalue weighted by Gasteiger charge is -2.31. The monoisotopic (exact) mass is 398 g/mol. The topological polar surface area (TPSA) is 84.4 Å². The predicted molar refractivity (Wildman–Crippen MR) is 94.5 cm³/mol. The van der Waals surface area contributed by atoms with Crippen LogP contribution in [0.25, 0.3) is 10.6 Å². The minimum atomic E-state index is -0.210. The largest absolute Gasteiger partial charge is 0.367 e. The summed E-state index contributed by atoms with van der Waals surface area (Å²) in [4.78, 5) is 15.9. The Kier molecular flexibility index (Phi) is 5.03. The number of amides is 1. The van der Waals surface area contributed by atoms with Gasteiger partial charge in [0.2, 0.25) is 5.88 Å². The summed E-state index contributed by atoms with van der Waals surface area (Å²) in [5.74, 6) is -0.147. The number of nitrogens with one attached hydrogen (secondary N) is 1. The Hall–Kier alpha value is -1.38. The van der Waals surface area contributed by atoms with Crippen molar-refractivity contribution in [1.29, 1.82) is 0 Å². The highest BCUT2D eigenvalue weighted by molar-refractivity contribution is 9.11. The Morgan fingerprint density at radius 1 is 1.52 bits per heavy atom. The minimum Gasteiger partial charge on any atom is -0.367 e. The number of hydrogen-bond donors (Lipinski definition) is 2. The van der Waals surface area contributed by atoms with Crippen LogP contribution in [0.5, 0.6) is 0 Å². The third-order valence-electron chi connectivity index (χ3n) is 4.12. The maximum atomic E-state index is 12.6. The average molecular weight is 399 g/mol. The van der Waals surface area contributed by atoms with Crippen molar-refractivity contribution >= 4 is 39.1 Å². The summed E-state index contributed by atoms with van der Waals surface area (Å²) >= 11 is 4.90. The molecule has 0 aromatic carbocycles. The Labute approximate surface area is 147 Å². The molecular formula is C15H19BrN4O2S. The first-order chi connectivity index (χ1) is 11.1. The van der Waals surface area contributed by atoms with Gasteiger partial charge in [-0.1, -0.05) is 12.1 Å². The first-order valence-electron chi connectivity index (χ1n) is 7.62. The molecule has 0 radical (unpaired) electrons. The van der Waals surface area contributed by atoms with Crippen LogP contribution in [0.15, 0.2) is 20.4 Å². The first-order valence-corrected chi connectivity index (χ1v) is 9.23. The van der Waals surface area contributed by atoms with E-state index in [-0.39, 0.29) is 17.8 Å². The normalized spacial score (nSPS) is 16.6. The van der Waals surface area contributed by atoms with E-state index in [4.69, 9.17) is 10.3 Å². The van der Waals surface area contributed by atoms with Crippen molar-refractivity contribution in [2.45, 2.75) is 25.8 Å². The molecule has 1 amide bonds. The number of anilines is 1. The van der Waals surface area contributed by atoms with Gasteiger partial charge in [0.25, 0.3) is 5.91 Å². The molecule has 0 atom stereocenters. The number of aromatic nitrogens is 1. The van der Waals surface area contributed by atoms with Crippen molar-refractivity contribution in [3.8, 4) is 10.6 Å². The van der Waals surface area contributed by atoms with Gasteiger partial charge in [-0.2, -0.15) is 0 Å². The van der Waals surface area contributed by atoms with Gasteiger partial charge in [0.15, 0.2) is 0 Å². The van der Waals surface area contributed by atoms with Gasteiger partial charge in [0.1, 0.15) is 11.3 Å². The van der Waals surface area contributed by atoms with E-state index in [2.05, 4.69) is 38.2 Å². The molecular weight excluding hydrogens is 380 g/mol. The molecule has 0 aliphatic carbocycles. The fourth-order valence-electron chi connectivity index (χ4n) is 2.78. The number of thiophene rings is 1. The lowest BCUT2D eigenvalue weighted by atomic mass is 10.0. The molecule has 1 fully saturated rings. The summed E-state index contributed by atoms with van der Waals surface area (Å²) in [6.07, 6.45) is 1.90. The molecule has 2 aromatic rings. The summed E-state index contributed by atoms with van der Waals surface area (Å²) in [7, 11) is 0. The Morgan fingerprint density at radius 2 is 2.26 bits per heavy atom. The second-order valence-corrected chi connectivity index (χ2v) is 8.02. The Bertz CT molecular complexity index is 691. The molecule has 23 heavy (non-hydrogen) atoms. The van der Waals surface area contributed by atoms with Gasteiger partial charge in [-0.05, 0) is 47.4 Å². The number of halogens is 1. The van der Waals surface area contributed by atoms with Gasteiger partial charge >= 0.3 is 0 Å². The van der Waals surface area contributed by atoms with Crippen LogP contribution in [0.3, 0.4) is 0 Å². The molecule has 2 aromatic heterocycles. The Balaban J connectivity index is 1.74. The zero-order valence-corrected chi connectivity index (χ0v) is 15.2. The predicted octanol–water partition coefficient (Wildman–Crippen LogP) is 2.96. The van der Waals surface area contributed by atoms with Gasteiger partial charge in [-0.3, -0.25) is 4.79 Å². The SMILES string of the molecule is CCN1CCC(NC(=O)c2c(-c3ccc(Br)s3)noc2N)CC1. The lowest BCUT2D eigenvalue weighted by Crippen LogP contribution is -2.44. The van der Waals surface area contributed by atoms with Crippen LogP contribution in [-0.4, -0.2) is 41.6 Å². The van der Waals surface area contributed by atoms with E-state index in [9.17, 15) is 4.79 Å². The molecule has 8 heteroatoms. The van der Waals surface area contributed by atoms with E-state index in [0.29, 0.717) is 11.3 Å². The van der Waals surface area contributed by atoms with Gasteiger partial charge < -0.3 is 20.5 Å². The van der Waals surface area contributed by atoms with Gasteiger partial charge in [-0.15, -0.1) is 11.3 Å². The van der Waals surface area contributed by atoms with Crippen LogP contribution in [0.1, 0.15) is 30.1 Å². The molecule has 3 rings (SSSR count). The second kappa shape index (κ2) is 7.02. The van der Waals surface area contributed by atoms with Crippen LogP contribution in [-0.2, 0) is 0 Å². The van der Waals surface area contributed by atoms with E-state index >= 15 is 0 Å². The van der Waals surface area contributed by atoms with Crippen molar-refractivity contribution in [3.63, 3.8) is 0 Å². The number of nitrogen functional groups attached to an aromatic ring is 1. The lowest BCUT2D eigenvalue weighted by molar-refractivity contribution is 0.0914. The minimum absolute atomic E-state index is 0.0630. The number of hydrogen-bond acceptors (Lipinski definition) is 6. The van der Waals surface area contributed by atoms with Crippen molar-refractivity contribution < 1.29 is 9.32 Å². The summed E-state index contributed by atoms with van der Waals surface area (Å²) in [5.41, 5.74) is 6.66. The van der Waals surface area contributed by atoms with Crippen LogP contribution in [0, 0.1) is 0 Å². The molecule has 0 unspecified atom stereocenters. The van der Waals surface area contributed by atoms with Crippen LogP contribution in [0.4, 0.5) is 5.88 Å². The molecule has 1 aliphatic heterocycles. The quantitative estimate of drug-likeness (QED) is 0.826. The van der Waals surface area contributed by atoms with E-state index in [1.807, 2.05) is 12.1 Å². The molecule has 124 valence electrons. The number of carbonyl (C=O) groups is 1. The van der Waals surface area contributed by atoms with Crippen molar-refractivity contribution in [1.82, 2.24) is 15.4 Å². The highest BCUT2D eigenvalue weighted by atomic mass is 79.9. The van der Waals surface area contributed by atoms with E-state index < -0.39 is 0 Å². The van der Waals surface area contributed by atoms with Crippen molar-refractivity contribution in [3.05, 3.63) is 21.5 Å². The summed E-state index contributed by atoms with van der Waals surface area (Å²) in [5, 5.41) is 7.03. The molecule has 6 nitrogen and oxygen atoms in total. The summed E-state index contributed by atoms with van der Waals surface area (Å²) in [6.45, 7) is 5.22. The van der Waals surface area contributed by atoms with Crippen LogP contribution >= 0.6 is 27.3 Å². The van der Waals surface area contributed by atoms with Crippen LogP contribution in [0.2, 0.25) is 0 Å². The van der Waals surface area contributed by atoms with Crippen molar-refractivity contribution in [2.75, 3.05) is 25.4 Å². The fraction of sp³-hybridized carbons (Fsp3) is 0.467. The maximum Gasteiger partial charge on any atom is 0.259 e. The molecule has 1 aliphatic rings. The van der Waals surface area contributed by atoms with E-state index in [0.717, 1.165) is 41.1 Å². The number of piperidine rings is 1. The summed E-state index contributed by atoms with van der Waals surface area (Å²) in [6, 6.07) is 3.97. The third-order valence-corrected chi connectivity index (χ3v) is 5.75. The molecule has 0 spiro atoms. The van der Waals surface area contributed by atoms with Gasteiger partial charge in [0, 0.05) is 19.1 Å². The molecule has 0 bridgehead atoms. The van der Waals surface area contributed by atoms with Gasteiger partial charge in [0.05, 0.1) is 8.66 Å². The average Bonchev–Trinajstić information content (AvgIpc) is 3.13. The number of likely N-dealkylation sites (tertiary alicyclic amines) is 1. The smallest absolute Gasteiger partial charge is 0.259 e. The highest BCUT2D eigenvalue weighted by Gasteiger charge is 2.26. The molecule has 0 saturated carbocycles. The summed E-state index contributed by atoms with van der Waals surface area (Å²) < 4.78 is 6.02. The second-order valence-electron chi connectivity index (χ2n) is 5.56. The zero-order chi connectivity index (χ0) is 16.4. The number of nitrogens with two attached hydrogens (primary N) is 1. The zero-order valence-electron chi connectivity index (χ0n) is 12.8. The molecule has 1 saturated heterocycles. The number of carbonyl (C=O) groups excluding carboxylic acids is 1. The van der Waals surface area contributed by atoms with Crippen molar-refractivity contribution in [2.24, 2.45) is 0 Å². The maximum absolute atomic E-state index is 12.6. The highest BCUT2D eigenvalue weighted by Crippen LogP contribution is 2.34. The number of rotatable bonds is 4. The fourth-order valence-corrected chi connectivity index (χ4v) is 4.16. The Morgan fingerprint density at radius 3 is 2.87 bits per heavy atom. The first kappa shape index (κ1) is 16.5. The third kappa shape index (κ3) is 3.59. The standard InChI is InChI=1S/C15H19BrN4O2S/c1-2-20-7-5-9(6-8-20)18-15(21)12-13(19-22-14(12)17)10-3-4-11(16)23-10/h3-4,9H,2,5-8,17H2,1H3,(H,18,21).